The van der Waals surface area contributed by atoms with Crippen molar-refractivity contribution in [1.82, 2.24) is 9.80 Å². The van der Waals surface area contributed by atoms with Crippen LogP contribution in [0.5, 0.6) is 11.5 Å². The van der Waals surface area contributed by atoms with Gasteiger partial charge in [0.2, 0.25) is 5.91 Å². The summed E-state index contributed by atoms with van der Waals surface area (Å²) in [5.74, 6) is 0.0720. The highest BCUT2D eigenvalue weighted by Gasteiger charge is 2.37. The monoisotopic (exact) mass is 559 g/mol. The van der Waals surface area contributed by atoms with Crippen LogP contribution in [0.25, 0.3) is 6.08 Å². The first-order valence-corrected chi connectivity index (χ1v) is 13.3. The first-order chi connectivity index (χ1) is 19.3. The highest BCUT2D eigenvalue weighted by molar-refractivity contribution is 8.18. The number of methoxy groups -OCH3 is 1. The number of hydrogen-bond acceptors (Lipinski definition) is 8. The standard InChI is InChI=1S/C29H25N3O7S/c1-38-25-14-20(8-11-24(25)39-18-19-6-9-23(10-7-19)32(36)37)15-26-28(34)31(29(35)40-26)17-27(33)30-13-12-21-4-2-3-5-22(21)16-30/h2-11,14-15H,12-13,16-18H2,1H3/b26-15+. The second kappa shape index (κ2) is 11.6. The van der Waals surface area contributed by atoms with Crippen molar-refractivity contribution >= 4 is 40.6 Å². The van der Waals surface area contributed by atoms with Crippen LogP contribution in [0, 0.1) is 10.1 Å². The number of thioether (sulfide) groups is 1. The first-order valence-electron chi connectivity index (χ1n) is 12.5. The van der Waals surface area contributed by atoms with Crippen LogP contribution < -0.4 is 9.47 Å². The van der Waals surface area contributed by atoms with Gasteiger partial charge in [0.1, 0.15) is 13.2 Å². The second-order valence-electron chi connectivity index (χ2n) is 9.22. The number of fused-ring (bicyclic) bond motifs is 1. The molecule has 40 heavy (non-hydrogen) atoms. The normalized spacial score (nSPS) is 15.8. The molecule has 5 rings (SSSR count). The largest absolute Gasteiger partial charge is 0.493 e. The van der Waals surface area contributed by atoms with E-state index in [1.807, 2.05) is 24.3 Å². The van der Waals surface area contributed by atoms with Crippen molar-refractivity contribution in [1.29, 1.82) is 0 Å². The lowest BCUT2D eigenvalue weighted by atomic mass is 10.00. The maximum absolute atomic E-state index is 13.0. The molecule has 3 amide bonds. The fourth-order valence-corrected chi connectivity index (χ4v) is 5.34. The molecule has 0 atom stereocenters. The summed E-state index contributed by atoms with van der Waals surface area (Å²) >= 11 is 0.790. The number of amides is 3. The van der Waals surface area contributed by atoms with Gasteiger partial charge >= 0.3 is 0 Å². The lowest BCUT2D eigenvalue weighted by Gasteiger charge is -2.29. The SMILES string of the molecule is COc1cc(/C=C2/SC(=O)N(CC(=O)N3CCc4ccccc4C3)C2=O)ccc1OCc1ccc([N+](=O)[O-])cc1. The Morgan fingerprint density at radius 3 is 2.52 bits per heavy atom. The van der Waals surface area contributed by atoms with Gasteiger partial charge in [-0.05, 0) is 70.8 Å². The van der Waals surface area contributed by atoms with Crippen molar-refractivity contribution in [2.45, 2.75) is 19.6 Å². The number of hydrogen-bond donors (Lipinski definition) is 0. The summed E-state index contributed by atoms with van der Waals surface area (Å²) in [7, 11) is 1.48. The van der Waals surface area contributed by atoms with Gasteiger partial charge in [-0.3, -0.25) is 29.4 Å². The molecule has 1 saturated heterocycles. The van der Waals surface area contributed by atoms with Gasteiger partial charge in [0.05, 0.1) is 16.9 Å². The van der Waals surface area contributed by atoms with E-state index >= 15 is 0 Å². The van der Waals surface area contributed by atoms with E-state index in [2.05, 4.69) is 0 Å². The predicted molar refractivity (Wildman–Crippen MR) is 149 cm³/mol. The number of nitro groups is 1. The van der Waals surface area contributed by atoms with Crippen molar-refractivity contribution in [3.63, 3.8) is 0 Å². The Hall–Kier alpha value is -4.64. The molecule has 2 aliphatic rings. The van der Waals surface area contributed by atoms with E-state index < -0.39 is 16.1 Å². The number of rotatable bonds is 8. The van der Waals surface area contributed by atoms with Gasteiger partial charge in [-0.25, -0.2) is 0 Å². The van der Waals surface area contributed by atoms with Crippen molar-refractivity contribution in [3.8, 4) is 11.5 Å². The topological polar surface area (TPSA) is 119 Å². The Bertz CT molecular complexity index is 1520. The maximum Gasteiger partial charge on any atom is 0.294 e. The quantitative estimate of drug-likeness (QED) is 0.219. The summed E-state index contributed by atoms with van der Waals surface area (Å²) in [4.78, 5) is 51.8. The van der Waals surface area contributed by atoms with E-state index in [4.69, 9.17) is 9.47 Å². The summed E-state index contributed by atoms with van der Waals surface area (Å²) in [5, 5.41) is 10.3. The Balaban J connectivity index is 1.23. The number of carbonyl (C=O) groups excluding carboxylic acids is 3. The van der Waals surface area contributed by atoms with Crippen LogP contribution in [-0.2, 0) is 29.2 Å². The van der Waals surface area contributed by atoms with Gasteiger partial charge in [0.15, 0.2) is 11.5 Å². The van der Waals surface area contributed by atoms with Crippen LogP contribution >= 0.6 is 11.8 Å². The molecule has 204 valence electrons. The van der Waals surface area contributed by atoms with Crippen molar-refractivity contribution < 1.29 is 28.8 Å². The Morgan fingerprint density at radius 2 is 1.80 bits per heavy atom. The minimum Gasteiger partial charge on any atom is -0.493 e. The third kappa shape index (κ3) is 5.84. The van der Waals surface area contributed by atoms with Crippen molar-refractivity contribution in [3.05, 3.63) is 104 Å². The molecule has 0 radical (unpaired) electrons. The highest BCUT2D eigenvalue weighted by Crippen LogP contribution is 2.35. The fourth-order valence-electron chi connectivity index (χ4n) is 4.50. The molecular formula is C29H25N3O7S. The van der Waals surface area contributed by atoms with Crippen LogP contribution in [0.1, 0.15) is 22.3 Å². The lowest BCUT2D eigenvalue weighted by Crippen LogP contribution is -2.44. The predicted octanol–water partition coefficient (Wildman–Crippen LogP) is 4.80. The number of imide groups is 1. The number of nitrogens with zero attached hydrogens (tertiary/aromatic N) is 3. The third-order valence-electron chi connectivity index (χ3n) is 6.68. The molecule has 10 nitrogen and oxygen atoms in total. The van der Waals surface area contributed by atoms with Gasteiger partial charge in [0, 0.05) is 25.2 Å². The number of benzene rings is 3. The van der Waals surface area contributed by atoms with E-state index in [1.54, 1.807) is 41.3 Å². The summed E-state index contributed by atoms with van der Waals surface area (Å²) in [6.45, 7) is 0.867. The maximum atomic E-state index is 13.0. The minimum absolute atomic E-state index is 0.00302. The zero-order valence-corrected chi connectivity index (χ0v) is 22.4. The van der Waals surface area contributed by atoms with E-state index in [0.29, 0.717) is 30.2 Å². The Labute approximate surface area is 234 Å². The molecule has 1 fully saturated rings. The molecule has 0 aromatic heterocycles. The molecule has 2 aliphatic heterocycles. The van der Waals surface area contributed by atoms with Gasteiger partial charge in [-0.1, -0.05) is 30.3 Å². The fraction of sp³-hybridized carbons (Fsp3) is 0.207. The van der Waals surface area contributed by atoms with E-state index in [-0.39, 0.29) is 29.7 Å². The zero-order chi connectivity index (χ0) is 28.2. The number of non-ortho nitro benzene ring substituents is 1. The van der Waals surface area contributed by atoms with Crippen LogP contribution in [0.4, 0.5) is 10.5 Å². The molecule has 2 heterocycles. The highest BCUT2D eigenvalue weighted by atomic mass is 32.2. The van der Waals surface area contributed by atoms with Gasteiger partial charge in [-0.15, -0.1) is 0 Å². The molecule has 0 bridgehead atoms. The smallest absolute Gasteiger partial charge is 0.294 e. The van der Waals surface area contributed by atoms with Gasteiger partial charge in [-0.2, -0.15) is 0 Å². The average Bonchev–Trinajstić information content (AvgIpc) is 3.23. The minimum atomic E-state index is -0.516. The number of carbonyl (C=O) groups is 3. The van der Waals surface area contributed by atoms with E-state index in [0.717, 1.165) is 34.2 Å². The summed E-state index contributed by atoms with van der Waals surface area (Å²) in [6.07, 6.45) is 2.31. The second-order valence-corrected chi connectivity index (χ2v) is 10.2. The van der Waals surface area contributed by atoms with Crippen molar-refractivity contribution in [2.24, 2.45) is 0 Å². The third-order valence-corrected chi connectivity index (χ3v) is 7.58. The average molecular weight is 560 g/mol. The molecule has 3 aromatic rings. The molecule has 0 unspecified atom stereocenters. The Morgan fingerprint density at radius 1 is 1.05 bits per heavy atom. The molecule has 0 N–H and O–H groups in total. The van der Waals surface area contributed by atoms with Crippen LogP contribution in [0.2, 0.25) is 0 Å². The van der Waals surface area contributed by atoms with Crippen LogP contribution in [0.3, 0.4) is 0 Å². The van der Waals surface area contributed by atoms with E-state index in [1.165, 1.54) is 24.8 Å². The summed E-state index contributed by atoms with van der Waals surface area (Å²) in [5.41, 5.74) is 3.64. The zero-order valence-electron chi connectivity index (χ0n) is 21.6. The molecule has 11 heteroatoms. The summed E-state index contributed by atoms with van der Waals surface area (Å²) < 4.78 is 11.3. The lowest BCUT2D eigenvalue weighted by molar-refractivity contribution is -0.384. The van der Waals surface area contributed by atoms with Crippen LogP contribution in [-0.4, -0.2) is 52.0 Å². The first kappa shape index (κ1) is 26.9. The molecule has 3 aromatic carbocycles. The van der Waals surface area contributed by atoms with Crippen molar-refractivity contribution in [2.75, 3.05) is 20.2 Å². The van der Waals surface area contributed by atoms with Gasteiger partial charge < -0.3 is 14.4 Å². The number of nitro benzene ring substituents is 1. The van der Waals surface area contributed by atoms with Gasteiger partial charge in [0.25, 0.3) is 16.8 Å². The molecular weight excluding hydrogens is 534 g/mol. The molecule has 0 aliphatic carbocycles. The van der Waals surface area contributed by atoms with Crippen LogP contribution in [0.15, 0.2) is 71.6 Å². The van der Waals surface area contributed by atoms with E-state index in [9.17, 15) is 24.5 Å². The summed E-state index contributed by atoms with van der Waals surface area (Å²) in [6, 6.07) is 19.1. The number of ether oxygens (including phenoxy) is 2. The Kier molecular flexibility index (Phi) is 7.83. The molecule has 0 saturated carbocycles. The molecule has 0 spiro atoms.